The van der Waals surface area contributed by atoms with Crippen molar-refractivity contribution in [1.82, 2.24) is 4.98 Å². The number of aryl methyl sites for hydroxylation is 1. The lowest BCUT2D eigenvalue weighted by atomic mass is 10.0. The summed E-state index contributed by atoms with van der Waals surface area (Å²) in [7, 11) is 0. The molecule has 0 fully saturated rings. The van der Waals surface area contributed by atoms with E-state index in [1.54, 1.807) is 0 Å². The van der Waals surface area contributed by atoms with Crippen LogP contribution in [-0.2, 0) is 0 Å². The topological polar surface area (TPSA) is 48.7 Å². The number of hydrogen-bond acceptors (Lipinski definition) is 4. The first-order valence-corrected chi connectivity index (χ1v) is 7.50. The highest BCUT2D eigenvalue weighted by Crippen LogP contribution is 2.30. The minimum absolute atomic E-state index is 0.220. The van der Waals surface area contributed by atoms with E-state index in [1.807, 2.05) is 30.8 Å². The Kier molecular flexibility index (Phi) is 5.49. The van der Waals surface area contributed by atoms with Gasteiger partial charge in [0.05, 0.1) is 5.56 Å². The summed E-state index contributed by atoms with van der Waals surface area (Å²) >= 11 is 1.88. The summed E-state index contributed by atoms with van der Waals surface area (Å²) in [6.45, 7) is 7.19. The Morgan fingerprint density at radius 1 is 1.39 bits per heavy atom. The average molecular weight is 263 g/mol. The van der Waals surface area contributed by atoms with Crippen LogP contribution in [0.25, 0.3) is 0 Å². The molecule has 1 aromatic rings. The first kappa shape index (κ1) is 14.8. The van der Waals surface area contributed by atoms with Gasteiger partial charge in [0.1, 0.15) is 11.9 Å². The molecule has 0 aliphatic carbocycles. The van der Waals surface area contributed by atoms with Crippen LogP contribution < -0.4 is 5.32 Å². The van der Waals surface area contributed by atoms with Crippen molar-refractivity contribution in [2.24, 2.45) is 0 Å². The van der Waals surface area contributed by atoms with Crippen molar-refractivity contribution < 1.29 is 0 Å². The van der Waals surface area contributed by atoms with Gasteiger partial charge in [0.15, 0.2) is 0 Å². The summed E-state index contributed by atoms with van der Waals surface area (Å²) in [5.74, 6) is 0.706. The van der Waals surface area contributed by atoms with E-state index >= 15 is 0 Å². The predicted molar refractivity (Wildman–Crippen MR) is 79.0 cm³/mol. The van der Waals surface area contributed by atoms with E-state index in [0.29, 0.717) is 11.4 Å². The van der Waals surface area contributed by atoms with Crippen molar-refractivity contribution in [2.75, 3.05) is 18.1 Å². The molecule has 0 amide bonds. The van der Waals surface area contributed by atoms with Crippen LogP contribution in [0.3, 0.4) is 0 Å². The number of pyridine rings is 1. The van der Waals surface area contributed by atoms with Crippen LogP contribution in [0.1, 0.15) is 37.9 Å². The van der Waals surface area contributed by atoms with Crippen LogP contribution in [-0.4, -0.2) is 22.5 Å². The Morgan fingerprint density at radius 2 is 2.06 bits per heavy atom. The molecule has 98 valence electrons. The molecule has 0 radical (unpaired) electrons. The second-order valence-corrected chi connectivity index (χ2v) is 5.68. The van der Waals surface area contributed by atoms with Gasteiger partial charge in [-0.15, -0.1) is 0 Å². The number of nitrogens with one attached hydrogen (secondary N) is 1. The lowest BCUT2D eigenvalue weighted by molar-refractivity contribution is 0.574. The highest BCUT2D eigenvalue weighted by Gasteiger charge is 2.25. The van der Waals surface area contributed by atoms with Crippen molar-refractivity contribution in [1.29, 1.82) is 5.26 Å². The fourth-order valence-electron chi connectivity index (χ4n) is 1.89. The zero-order valence-electron chi connectivity index (χ0n) is 11.6. The highest BCUT2D eigenvalue weighted by atomic mass is 32.2. The van der Waals surface area contributed by atoms with Crippen LogP contribution in [0.5, 0.6) is 0 Å². The summed E-state index contributed by atoms with van der Waals surface area (Å²) < 4.78 is 0.220. The Morgan fingerprint density at radius 3 is 2.56 bits per heavy atom. The number of thioether (sulfide) groups is 1. The first-order valence-electron chi connectivity index (χ1n) is 6.27. The van der Waals surface area contributed by atoms with Crippen molar-refractivity contribution >= 4 is 17.6 Å². The number of rotatable bonds is 6. The van der Waals surface area contributed by atoms with Gasteiger partial charge >= 0.3 is 0 Å². The Balaban J connectivity index is 2.85. The van der Waals surface area contributed by atoms with Crippen LogP contribution in [0, 0.1) is 18.3 Å². The van der Waals surface area contributed by atoms with Gasteiger partial charge in [0.2, 0.25) is 0 Å². The van der Waals surface area contributed by atoms with Gasteiger partial charge in [0, 0.05) is 17.0 Å². The maximum absolute atomic E-state index is 9.08. The van der Waals surface area contributed by atoms with Crippen LogP contribution >= 0.6 is 11.8 Å². The van der Waals surface area contributed by atoms with Crippen LogP contribution in [0.4, 0.5) is 5.82 Å². The molecule has 0 aliphatic heterocycles. The Labute approximate surface area is 114 Å². The second kappa shape index (κ2) is 6.65. The molecule has 1 rings (SSSR count). The molecule has 1 aromatic heterocycles. The number of anilines is 1. The minimum Gasteiger partial charge on any atom is -0.368 e. The van der Waals surface area contributed by atoms with E-state index < -0.39 is 0 Å². The molecule has 4 heteroatoms. The van der Waals surface area contributed by atoms with Gasteiger partial charge in [-0.1, -0.05) is 13.8 Å². The smallest absolute Gasteiger partial charge is 0.144 e. The van der Waals surface area contributed by atoms with Crippen LogP contribution in [0.2, 0.25) is 0 Å². The molecule has 0 aliphatic rings. The highest BCUT2D eigenvalue weighted by molar-refractivity contribution is 8.00. The van der Waals surface area contributed by atoms with Gasteiger partial charge in [-0.05, 0) is 38.2 Å². The van der Waals surface area contributed by atoms with Crippen molar-refractivity contribution in [3.63, 3.8) is 0 Å². The molecule has 18 heavy (non-hydrogen) atoms. The molecular weight excluding hydrogens is 242 g/mol. The third-order valence-electron chi connectivity index (χ3n) is 3.45. The number of aromatic nitrogens is 1. The molecule has 0 unspecified atom stereocenters. The Hall–Kier alpha value is -1.21. The summed E-state index contributed by atoms with van der Waals surface area (Å²) in [5.41, 5.74) is 1.54. The van der Waals surface area contributed by atoms with Crippen molar-refractivity contribution in [3.05, 3.63) is 23.4 Å². The molecule has 1 N–H and O–H groups in total. The lowest BCUT2D eigenvalue weighted by Gasteiger charge is -2.30. The fourth-order valence-corrected chi connectivity index (χ4v) is 2.68. The number of hydrogen-bond donors (Lipinski definition) is 1. The zero-order valence-corrected chi connectivity index (χ0v) is 12.4. The monoisotopic (exact) mass is 263 g/mol. The zero-order chi connectivity index (χ0) is 13.6. The van der Waals surface area contributed by atoms with Crippen molar-refractivity contribution in [3.8, 4) is 6.07 Å². The third-order valence-corrected chi connectivity index (χ3v) is 5.04. The van der Waals surface area contributed by atoms with Gasteiger partial charge in [-0.3, -0.25) is 0 Å². The summed E-state index contributed by atoms with van der Waals surface area (Å²) in [5, 5.41) is 12.4. The van der Waals surface area contributed by atoms with Gasteiger partial charge in [0.25, 0.3) is 0 Å². The maximum atomic E-state index is 9.08. The number of nitriles is 1. The lowest BCUT2D eigenvalue weighted by Crippen LogP contribution is -2.32. The normalized spacial score (nSPS) is 11.1. The second-order valence-electron chi connectivity index (χ2n) is 4.41. The minimum atomic E-state index is 0.220. The summed E-state index contributed by atoms with van der Waals surface area (Å²) in [6, 6.07) is 5.87. The van der Waals surface area contributed by atoms with E-state index in [9.17, 15) is 0 Å². The van der Waals surface area contributed by atoms with E-state index in [2.05, 4.69) is 36.5 Å². The molecule has 0 atom stereocenters. The molecule has 0 saturated heterocycles. The van der Waals surface area contributed by atoms with Gasteiger partial charge in [-0.2, -0.15) is 17.0 Å². The molecule has 0 saturated carbocycles. The van der Waals surface area contributed by atoms with E-state index in [1.165, 1.54) is 0 Å². The van der Waals surface area contributed by atoms with E-state index in [0.717, 1.165) is 25.1 Å². The SMILES string of the molecule is CCC(CC)(CNc1nc(C)ccc1C#N)SC. The van der Waals surface area contributed by atoms with E-state index in [4.69, 9.17) is 5.26 Å². The fraction of sp³-hybridized carbons (Fsp3) is 0.571. The molecule has 1 heterocycles. The predicted octanol–water partition coefficient (Wildman–Crippen LogP) is 3.60. The quantitative estimate of drug-likeness (QED) is 0.852. The standard InChI is InChI=1S/C14H21N3S/c1-5-14(6-2,18-4)10-16-13-12(9-15)8-7-11(3)17-13/h7-8H,5-6,10H2,1-4H3,(H,16,17). The summed E-state index contributed by atoms with van der Waals surface area (Å²) in [6.07, 6.45) is 4.35. The third kappa shape index (κ3) is 3.39. The van der Waals surface area contributed by atoms with E-state index in [-0.39, 0.29) is 4.75 Å². The molecular formula is C14H21N3S. The summed E-state index contributed by atoms with van der Waals surface area (Å²) in [4.78, 5) is 4.41. The van der Waals surface area contributed by atoms with Crippen LogP contribution in [0.15, 0.2) is 12.1 Å². The molecule has 0 bridgehead atoms. The number of nitrogens with zero attached hydrogens (tertiary/aromatic N) is 2. The molecule has 3 nitrogen and oxygen atoms in total. The molecule has 0 aromatic carbocycles. The first-order chi connectivity index (χ1) is 8.60. The average Bonchev–Trinajstić information content (AvgIpc) is 2.41. The largest absolute Gasteiger partial charge is 0.368 e. The molecule has 0 spiro atoms. The van der Waals surface area contributed by atoms with Gasteiger partial charge in [-0.25, -0.2) is 4.98 Å². The Bertz CT molecular complexity index is 425. The van der Waals surface area contributed by atoms with Gasteiger partial charge < -0.3 is 5.32 Å². The van der Waals surface area contributed by atoms with Crippen molar-refractivity contribution in [2.45, 2.75) is 38.4 Å². The maximum Gasteiger partial charge on any atom is 0.144 e.